The van der Waals surface area contributed by atoms with Gasteiger partial charge < -0.3 is 10.2 Å². The van der Waals surface area contributed by atoms with Gasteiger partial charge in [0.15, 0.2) is 5.82 Å². The molecule has 0 aliphatic heterocycles. The maximum atomic E-state index is 13.1. The normalized spacial score (nSPS) is 11.3. The molecule has 5 aromatic rings. The molecule has 0 aliphatic rings. The van der Waals surface area contributed by atoms with Crippen molar-refractivity contribution in [2.75, 3.05) is 19.4 Å². The number of nitrogens with one attached hydrogen (secondary N) is 3. The molecule has 0 saturated carbocycles. The summed E-state index contributed by atoms with van der Waals surface area (Å²) < 4.78 is 13.1. The van der Waals surface area contributed by atoms with Crippen LogP contribution in [0.4, 0.5) is 10.1 Å². The average Bonchev–Trinajstić information content (AvgIpc) is 3.46. The minimum absolute atomic E-state index is 0.315. The van der Waals surface area contributed by atoms with Crippen molar-refractivity contribution in [2.24, 2.45) is 0 Å². The predicted octanol–water partition coefficient (Wildman–Crippen LogP) is 4.47. The Morgan fingerprint density at radius 2 is 1.79 bits per heavy atom. The molecule has 0 unspecified atom stereocenters. The third-order valence-electron chi connectivity index (χ3n) is 5.32. The van der Waals surface area contributed by atoms with Crippen LogP contribution in [0.1, 0.15) is 16.2 Å². The second kappa shape index (κ2) is 8.87. The van der Waals surface area contributed by atoms with E-state index in [4.69, 9.17) is 0 Å². The number of H-pyrrole nitrogens is 2. The van der Waals surface area contributed by atoms with Crippen LogP contribution >= 0.6 is 0 Å². The van der Waals surface area contributed by atoms with E-state index in [9.17, 15) is 9.18 Å². The highest BCUT2D eigenvalue weighted by Gasteiger charge is 2.14. The molecule has 9 heteroatoms. The van der Waals surface area contributed by atoms with E-state index < -0.39 is 0 Å². The average molecular weight is 455 g/mol. The first-order valence-corrected chi connectivity index (χ1v) is 10.7. The zero-order valence-corrected chi connectivity index (χ0v) is 18.6. The standard InChI is InChI=1S/C25H22FN7O/c1-33(2)14-22-28-24(32-30-22)17-8-11-21-20(13-17)23(31-29-21)16-4-3-5-19(12-16)27-25(34)15-6-9-18(26)10-7-15/h3-13H,14H2,1-2H3,(H,27,34)(H,29,31)(H,28,30,32). The predicted molar refractivity (Wildman–Crippen MR) is 129 cm³/mol. The number of anilines is 1. The van der Waals surface area contributed by atoms with Gasteiger partial charge in [-0.1, -0.05) is 12.1 Å². The number of halogens is 1. The summed E-state index contributed by atoms with van der Waals surface area (Å²) in [5.41, 5.74) is 4.33. The fourth-order valence-electron chi connectivity index (χ4n) is 3.72. The molecule has 0 bridgehead atoms. The quantitative estimate of drug-likeness (QED) is 0.351. The summed E-state index contributed by atoms with van der Waals surface area (Å²) in [6.45, 7) is 0.669. The van der Waals surface area contributed by atoms with Crippen LogP contribution in [0.15, 0.2) is 66.7 Å². The lowest BCUT2D eigenvalue weighted by molar-refractivity contribution is 0.102. The molecule has 0 spiro atoms. The monoisotopic (exact) mass is 455 g/mol. The summed E-state index contributed by atoms with van der Waals surface area (Å²) >= 11 is 0. The van der Waals surface area contributed by atoms with Crippen molar-refractivity contribution in [3.63, 3.8) is 0 Å². The fraction of sp³-hybridized carbons (Fsp3) is 0.120. The lowest BCUT2D eigenvalue weighted by Crippen LogP contribution is -2.11. The number of aromatic nitrogens is 5. The summed E-state index contributed by atoms with van der Waals surface area (Å²) in [7, 11) is 3.95. The van der Waals surface area contributed by atoms with Gasteiger partial charge in [0.25, 0.3) is 5.91 Å². The van der Waals surface area contributed by atoms with Gasteiger partial charge in [-0.3, -0.25) is 15.0 Å². The van der Waals surface area contributed by atoms with E-state index in [0.717, 1.165) is 33.5 Å². The van der Waals surface area contributed by atoms with Crippen LogP contribution in [0.3, 0.4) is 0 Å². The first-order valence-electron chi connectivity index (χ1n) is 10.7. The van der Waals surface area contributed by atoms with Crippen LogP contribution in [0, 0.1) is 5.82 Å². The third kappa shape index (κ3) is 4.41. The van der Waals surface area contributed by atoms with Crippen molar-refractivity contribution < 1.29 is 9.18 Å². The SMILES string of the molecule is CN(C)Cc1nc(-c2ccc3[nH]nc(-c4cccc(NC(=O)c5ccc(F)cc5)c4)c3c2)n[nH]1. The van der Waals surface area contributed by atoms with E-state index in [1.54, 1.807) is 6.07 Å². The van der Waals surface area contributed by atoms with Crippen molar-refractivity contribution in [1.29, 1.82) is 0 Å². The maximum Gasteiger partial charge on any atom is 0.255 e. The van der Waals surface area contributed by atoms with E-state index in [1.807, 2.05) is 55.4 Å². The zero-order chi connectivity index (χ0) is 23.7. The van der Waals surface area contributed by atoms with Gasteiger partial charge in [0, 0.05) is 27.8 Å². The van der Waals surface area contributed by atoms with Crippen molar-refractivity contribution in [2.45, 2.75) is 6.54 Å². The third-order valence-corrected chi connectivity index (χ3v) is 5.32. The molecular formula is C25H22FN7O. The molecule has 0 atom stereocenters. The molecule has 3 N–H and O–H groups in total. The van der Waals surface area contributed by atoms with Crippen molar-refractivity contribution in [3.8, 4) is 22.6 Å². The number of aromatic amines is 2. The Morgan fingerprint density at radius 1 is 0.971 bits per heavy atom. The van der Waals surface area contributed by atoms with E-state index in [2.05, 4.69) is 30.7 Å². The van der Waals surface area contributed by atoms with Crippen LogP contribution < -0.4 is 5.32 Å². The molecule has 34 heavy (non-hydrogen) atoms. The minimum Gasteiger partial charge on any atom is -0.322 e. The number of carbonyl (C=O) groups excluding carboxylic acids is 1. The number of rotatable bonds is 6. The molecule has 0 saturated heterocycles. The number of amides is 1. The zero-order valence-electron chi connectivity index (χ0n) is 18.6. The summed E-state index contributed by atoms with van der Waals surface area (Å²) in [5, 5.41) is 18.7. The van der Waals surface area contributed by atoms with Crippen LogP contribution in [0.2, 0.25) is 0 Å². The lowest BCUT2D eigenvalue weighted by atomic mass is 10.0. The van der Waals surface area contributed by atoms with Gasteiger partial charge >= 0.3 is 0 Å². The molecule has 2 heterocycles. The molecule has 1 amide bonds. The first kappa shape index (κ1) is 21.5. The second-order valence-electron chi connectivity index (χ2n) is 8.22. The van der Waals surface area contributed by atoms with Gasteiger partial charge in [-0.2, -0.15) is 10.2 Å². The van der Waals surface area contributed by atoms with Gasteiger partial charge in [0.1, 0.15) is 11.6 Å². The number of hydrogen-bond acceptors (Lipinski definition) is 5. The molecule has 170 valence electrons. The van der Waals surface area contributed by atoms with Gasteiger partial charge in [-0.25, -0.2) is 9.37 Å². The number of carbonyl (C=O) groups is 1. The van der Waals surface area contributed by atoms with Crippen molar-refractivity contribution in [1.82, 2.24) is 30.3 Å². The van der Waals surface area contributed by atoms with Gasteiger partial charge in [-0.05, 0) is 68.7 Å². The first-order chi connectivity index (χ1) is 16.5. The summed E-state index contributed by atoms with van der Waals surface area (Å²) in [4.78, 5) is 19.1. The molecule has 0 aliphatic carbocycles. The number of benzene rings is 3. The minimum atomic E-state index is -0.387. The smallest absolute Gasteiger partial charge is 0.255 e. The maximum absolute atomic E-state index is 13.1. The molecule has 3 aromatic carbocycles. The Kier molecular flexibility index (Phi) is 5.60. The highest BCUT2D eigenvalue weighted by Crippen LogP contribution is 2.31. The Bertz CT molecular complexity index is 1470. The Labute approximate surface area is 194 Å². The largest absolute Gasteiger partial charge is 0.322 e. The summed E-state index contributed by atoms with van der Waals surface area (Å²) in [6, 6.07) is 18.7. The van der Waals surface area contributed by atoms with E-state index >= 15 is 0 Å². The topological polar surface area (TPSA) is 103 Å². The molecule has 0 radical (unpaired) electrons. The number of nitrogens with zero attached hydrogens (tertiary/aromatic N) is 4. The van der Waals surface area contributed by atoms with E-state index in [-0.39, 0.29) is 11.7 Å². The van der Waals surface area contributed by atoms with E-state index in [1.165, 1.54) is 24.3 Å². The molecular weight excluding hydrogens is 433 g/mol. The van der Waals surface area contributed by atoms with E-state index in [0.29, 0.717) is 23.6 Å². The summed E-state index contributed by atoms with van der Waals surface area (Å²) in [5.74, 6) is 0.704. The van der Waals surface area contributed by atoms with Gasteiger partial charge in [-0.15, -0.1) is 0 Å². The number of fused-ring (bicyclic) bond motifs is 1. The number of hydrogen-bond donors (Lipinski definition) is 3. The lowest BCUT2D eigenvalue weighted by Gasteiger charge is -2.07. The van der Waals surface area contributed by atoms with Gasteiger partial charge in [0.2, 0.25) is 0 Å². The Balaban J connectivity index is 1.44. The highest BCUT2D eigenvalue weighted by atomic mass is 19.1. The van der Waals surface area contributed by atoms with Crippen LogP contribution in [0.25, 0.3) is 33.5 Å². The molecule has 2 aromatic heterocycles. The molecule has 5 rings (SSSR count). The Hall–Kier alpha value is -4.37. The van der Waals surface area contributed by atoms with Gasteiger partial charge in [0.05, 0.1) is 17.8 Å². The molecule has 8 nitrogen and oxygen atoms in total. The Morgan fingerprint density at radius 3 is 2.59 bits per heavy atom. The van der Waals surface area contributed by atoms with Crippen LogP contribution in [-0.4, -0.2) is 50.3 Å². The summed E-state index contributed by atoms with van der Waals surface area (Å²) in [6.07, 6.45) is 0. The van der Waals surface area contributed by atoms with Crippen molar-refractivity contribution in [3.05, 3.63) is 83.9 Å². The molecule has 0 fully saturated rings. The van der Waals surface area contributed by atoms with Crippen LogP contribution in [-0.2, 0) is 6.54 Å². The van der Waals surface area contributed by atoms with Crippen molar-refractivity contribution >= 4 is 22.5 Å². The fourth-order valence-corrected chi connectivity index (χ4v) is 3.72. The second-order valence-corrected chi connectivity index (χ2v) is 8.22. The van der Waals surface area contributed by atoms with Crippen LogP contribution in [0.5, 0.6) is 0 Å². The highest BCUT2D eigenvalue weighted by molar-refractivity contribution is 6.04.